The first-order valence-corrected chi connectivity index (χ1v) is 8.80. The lowest BCUT2D eigenvalue weighted by Gasteiger charge is -2.32. The molecule has 0 radical (unpaired) electrons. The van der Waals surface area contributed by atoms with E-state index in [2.05, 4.69) is 70.5 Å². The topological polar surface area (TPSA) is 31.4 Å². The molecule has 24 heavy (non-hydrogen) atoms. The van der Waals surface area contributed by atoms with E-state index in [0.29, 0.717) is 0 Å². The molecule has 0 saturated carbocycles. The Bertz CT molecular complexity index is 630. The normalized spacial score (nSPS) is 16.4. The SMILES string of the molecule is Cc1ccc(CNCc2ccccc2CN2CCN(C)CC2)nc1. The van der Waals surface area contributed by atoms with E-state index in [1.54, 1.807) is 0 Å². The summed E-state index contributed by atoms with van der Waals surface area (Å²) in [5.41, 5.74) is 5.13. The molecule has 1 aliphatic heterocycles. The molecule has 1 aromatic carbocycles. The maximum absolute atomic E-state index is 4.46. The molecular weight excluding hydrogens is 296 g/mol. The Morgan fingerprint density at radius 3 is 2.42 bits per heavy atom. The van der Waals surface area contributed by atoms with Crippen LogP contribution in [0, 0.1) is 6.92 Å². The molecule has 2 aromatic rings. The van der Waals surface area contributed by atoms with E-state index in [0.717, 1.165) is 38.4 Å². The van der Waals surface area contributed by atoms with Gasteiger partial charge >= 0.3 is 0 Å². The lowest BCUT2D eigenvalue weighted by molar-refractivity contribution is 0.148. The van der Waals surface area contributed by atoms with Crippen LogP contribution in [-0.2, 0) is 19.6 Å². The molecule has 1 N–H and O–H groups in total. The van der Waals surface area contributed by atoms with Crippen LogP contribution in [0.25, 0.3) is 0 Å². The second kappa shape index (κ2) is 8.38. The molecule has 0 amide bonds. The Morgan fingerprint density at radius 2 is 1.71 bits per heavy atom. The Hall–Kier alpha value is -1.75. The molecular formula is C20H28N4. The Morgan fingerprint density at radius 1 is 0.958 bits per heavy atom. The smallest absolute Gasteiger partial charge is 0.0541 e. The van der Waals surface area contributed by atoms with Gasteiger partial charge in [-0.25, -0.2) is 0 Å². The van der Waals surface area contributed by atoms with Gasteiger partial charge in [-0.2, -0.15) is 0 Å². The minimum absolute atomic E-state index is 0.809. The van der Waals surface area contributed by atoms with Crippen molar-refractivity contribution in [2.75, 3.05) is 33.2 Å². The second-order valence-electron chi connectivity index (χ2n) is 6.78. The maximum atomic E-state index is 4.46. The molecule has 0 atom stereocenters. The van der Waals surface area contributed by atoms with Crippen LogP contribution in [0.1, 0.15) is 22.4 Å². The van der Waals surface area contributed by atoms with Crippen molar-refractivity contribution in [3.8, 4) is 0 Å². The number of aryl methyl sites for hydroxylation is 1. The summed E-state index contributed by atoms with van der Waals surface area (Å²) in [6.45, 7) is 9.46. The number of piperazine rings is 1. The molecule has 1 fully saturated rings. The van der Waals surface area contributed by atoms with E-state index in [9.17, 15) is 0 Å². The van der Waals surface area contributed by atoms with Crippen LogP contribution in [0.4, 0.5) is 0 Å². The van der Waals surface area contributed by atoms with Gasteiger partial charge < -0.3 is 10.2 Å². The maximum Gasteiger partial charge on any atom is 0.0541 e. The van der Waals surface area contributed by atoms with Crippen LogP contribution in [0.5, 0.6) is 0 Å². The highest BCUT2D eigenvalue weighted by molar-refractivity contribution is 5.27. The number of nitrogens with zero attached hydrogens (tertiary/aromatic N) is 3. The number of nitrogens with one attached hydrogen (secondary N) is 1. The Kier molecular flexibility index (Phi) is 5.96. The van der Waals surface area contributed by atoms with Crippen LogP contribution in [-0.4, -0.2) is 48.0 Å². The third-order valence-electron chi connectivity index (χ3n) is 4.70. The third kappa shape index (κ3) is 4.87. The van der Waals surface area contributed by atoms with Crippen LogP contribution in [0.3, 0.4) is 0 Å². The molecule has 3 rings (SSSR count). The van der Waals surface area contributed by atoms with Gasteiger partial charge in [-0.1, -0.05) is 30.3 Å². The summed E-state index contributed by atoms with van der Waals surface area (Å²) in [5, 5.41) is 3.53. The Labute approximate surface area is 145 Å². The average Bonchev–Trinajstić information content (AvgIpc) is 2.60. The summed E-state index contributed by atoms with van der Waals surface area (Å²) < 4.78 is 0. The molecule has 128 valence electrons. The van der Waals surface area contributed by atoms with E-state index < -0.39 is 0 Å². The molecule has 1 aromatic heterocycles. The van der Waals surface area contributed by atoms with Gasteiger partial charge in [-0.05, 0) is 36.7 Å². The number of hydrogen-bond acceptors (Lipinski definition) is 4. The van der Waals surface area contributed by atoms with Gasteiger partial charge in [-0.15, -0.1) is 0 Å². The van der Waals surface area contributed by atoms with Gasteiger partial charge in [0.25, 0.3) is 0 Å². The van der Waals surface area contributed by atoms with Crippen molar-refractivity contribution >= 4 is 0 Å². The first-order chi connectivity index (χ1) is 11.7. The number of benzene rings is 1. The quantitative estimate of drug-likeness (QED) is 0.884. The average molecular weight is 324 g/mol. The van der Waals surface area contributed by atoms with Gasteiger partial charge in [0.05, 0.1) is 5.69 Å². The first kappa shape index (κ1) is 17.1. The molecule has 4 heteroatoms. The summed E-state index contributed by atoms with van der Waals surface area (Å²) in [4.78, 5) is 9.41. The van der Waals surface area contributed by atoms with Gasteiger partial charge in [0.1, 0.15) is 0 Å². The van der Waals surface area contributed by atoms with Crippen LogP contribution >= 0.6 is 0 Å². The predicted octanol–water partition coefficient (Wildman–Crippen LogP) is 2.43. The van der Waals surface area contributed by atoms with Gasteiger partial charge in [0, 0.05) is 52.0 Å². The first-order valence-electron chi connectivity index (χ1n) is 8.80. The van der Waals surface area contributed by atoms with E-state index in [1.165, 1.54) is 29.8 Å². The second-order valence-corrected chi connectivity index (χ2v) is 6.78. The van der Waals surface area contributed by atoms with Crippen molar-refractivity contribution in [2.45, 2.75) is 26.6 Å². The monoisotopic (exact) mass is 324 g/mol. The Balaban J connectivity index is 1.54. The number of hydrogen-bond donors (Lipinski definition) is 1. The van der Waals surface area contributed by atoms with Crippen LogP contribution in [0.2, 0.25) is 0 Å². The number of rotatable bonds is 6. The van der Waals surface area contributed by atoms with E-state index in [-0.39, 0.29) is 0 Å². The minimum Gasteiger partial charge on any atom is -0.307 e. The summed E-state index contributed by atoms with van der Waals surface area (Å²) in [5.74, 6) is 0. The standard InChI is InChI=1S/C20H28N4/c1-17-7-8-20(22-13-17)15-21-14-18-5-3-4-6-19(18)16-24-11-9-23(2)10-12-24/h3-8,13,21H,9-12,14-16H2,1-2H3. The zero-order chi connectivity index (χ0) is 16.8. The molecule has 4 nitrogen and oxygen atoms in total. The highest BCUT2D eigenvalue weighted by Gasteiger charge is 2.15. The highest BCUT2D eigenvalue weighted by atomic mass is 15.2. The minimum atomic E-state index is 0.809. The summed E-state index contributed by atoms with van der Waals surface area (Å²) in [7, 11) is 2.20. The highest BCUT2D eigenvalue weighted by Crippen LogP contribution is 2.13. The fourth-order valence-electron chi connectivity index (χ4n) is 3.06. The van der Waals surface area contributed by atoms with Crippen LogP contribution < -0.4 is 5.32 Å². The van der Waals surface area contributed by atoms with E-state index in [1.807, 2.05) is 6.20 Å². The van der Waals surface area contributed by atoms with E-state index >= 15 is 0 Å². The van der Waals surface area contributed by atoms with Crippen molar-refractivity contribution in [1.29, 1.82) is 0 Å². The van der Waals surface area contributed by atoms with E-state index in [4.69, 9.17) is 0 Å². The summed E-state index contributed by atoms with van der Waals surface area (Å²) >= 11 is 0. The lowest BCUT2D eigenvalue weighted by Crippen LogP contribution is -2.44. The number of pyridine rings is 1. The molecule has 0 spiro atoms. The van der Waals surface area contributed by atoms with Crippen molar-refractivity contribution in [1.82, 2.24) is 20.1 Å². The molecule has 2 heterocycles. The van der Waals surface area contributed by atoms with Gasteiger partial charge in [-0.3, -0.25) is 9.88 Å². The third-order valence-corrected chi connectivity index (χ3v) is 4.70. The summed E-state index contributed by atoms with van der Waals surface area (Å²) in [6.07, 6.45) is 1.93. The van der Waals surface area contributed by atoms with Crippen molar-refractivity contribution in [3.63, 3.8) is 0 Å². The summed E-state index contributed by atoms with van der Waals surface area (Å²) in [6, 6.07) is 13.0. The molecule has 1 saturated heterocycles. The largest absolute Gasteiger partial charge is 0.307 e. The molecule has 1 aliphatic rings. The van der Waals surface area contributed by atoms with Crippen LogP contribution in [0.15, 0.2) is 42.6 Å². The van der Waals surface area contributed by atoms with Crippen molar-refractivity contribution in [3.05, 3.63) is 65.0 Å². The van der Waals surface area contributed by atoms with Gasteiger partial charge in [0.15, 0.2) is 0 Å². The fraction of sp³-hybridized carbons (Fsp3) is 0.450. The van der Waals surface area contributed by atoms with Crippen molar-refractivity contribution in [2.24, 2.45) is 0 Å². The predicted molar refractivity (Wildman–Crippen MR) is 98.7 cm³/mol. The zero-order valence-corrected chi connectivity index (χ0v) is 14.8. The molecule has 0 unspecified atom stereocenters. The number of likely N-dealkylation sites (N-methyl/N-ethyl adjacent to an activating group) is 1. The molecule has 0 aliphatic carbocycles. The zero-order valence-electron chi connectivity index (χ0n) is 14.8. The molecule has 0 bridgehead atoms. The van der Waals surface area contributed by atoms with Crippen molar-refractivity contribution < 1.29 is 0 Å². The number of aromatic nitrogens is 1. The lowest BCUT2D eigenvalue weighted by atomic mass is 10.1. The fourth-order valence-corrected chi connectivity index (χ4v) is 3.06. The van der Waals surface area contributed by atoms with Gasteiger partial charge in [0.2, 0.25) is 0 Å².